The van der Waals surface area contributed by atoms with E-state index in [1.807, 2.05) is 0 Å². The summed E-state index contributed by atoms with van der Waals surface area (Å²) in [5, 5.41) is 11.4. The van der Waals surface area contributed by atoms with Crippen molar-refractivity contribution >= 4 is 22.0 Å². The van der Waals surface area contributed by atoms with Crippen molar-refractivity contribution in [3.8, 4) is 0 Å². The third kappa shape index (κ3) is 1.93. The fraction of sp³-hybridized carbons (Fsp3) is 0.500. The van der Waals surface area contributed by atoms with Crippen LogP contribution in [0.5, 0.6) is 0 Å². The lowest BCUT2D eigenvalue weighted by Crippen LogP contribution is -2.06. The zero-order chi connectivity index (χ0) is 6.69. The Morgan fingerprint density at radius 2 is 2.67 bits per heavy atom. The third-order valence-electron chi connectivity index (χ3n) is 0.801. The van der Waals surface area contributed by atoms with Crippen molar-refractivity contribution < 1.29 is 4.84 Å². The highest BCUT2D eigenvalue weighted by molar-refractivity contribution is 8.26. The first-order chi connectivity index (χ1) is 4.29. The van der Waals surface area contributed by atoms with Crippen molar-refractivity contribution in [2.45, 2.75) is 6.42 Å². The first kappa shape index (κ1) is 6.41. The minimum atomic E-state index is 0.0688. The summed E-state index contributed by atoms with van der Waals surface area (Å²) in [6.07, 6.45) is 0.782. The normalized spacial score (nSPS) is 16.7. The van der Waals surface area contributed by atoms with Crippen LogP contribution in [0, 0.1) is 5.41 Å². The van der Waals surface area contributed by atoms with E-state index < -0.39 is 0 Å². The number of nitrogens with zero attached hydrogens (tertiary/aromatic N) is 1. The molecule has 1 aliphatic rings. The van der Waals surface area contributed by atoms with Gasteiger partial charge in [0.1, 0.15) is 11.7 Å². The lowest BCUT2D eigenvalue weighted by atomic mass is 10.5. The van der Waals surface area contributed by atoms with Gasteiger partial charge in [0.05, 0.1) is 0 Å². The van der Waals surface area contributed by atoms with Gasteiger partial charge in [-0.2, -0.15) is 0 Å². The van der Waals surface area contributed by atoms with Crippen LogP contribution in [0.1, 0.15) is 6.42 Å². The molecular weight excluding hydrogens is 138 g/mol. The maximum atomic E-state index is 6.86. The zero-order valence-electron chi connectivity index (χ0n) is 4.76. The maximum Gasteiger partial charge on any atom is 0.157 e. The smallest absolute Gasteiger partial charge is 0.157 e. The molecule has 1 rings (SSSR count). The molecule has 0 aliphatic carbocycles. The highest BCUT2D eigenvalue weighted by Gasteiger charge is 2.08. The Morgan fingerprint density at radius 3 is 3.11 bits per heavy atom. The molecule has 0 saturated heterocycles. The van der Waals surface area contributed by atoms with Crippen molar-refractivity contribution in [1.29, 1.82) is 5.41 Å². The minimum Gasteiger partial charge on any atom is -0.395 e. The fourth-order valence-corrected chi connectivity index (χ4v) is 1.02. The van der Waals surface area contributed by atoms with Crippen LogP contribution in [0.3, 0.4) is 0 Å². The summed E-state index contributed by atoms with van der Waals surface area (Å²) in [5.41, 5.74) is 5.08. The van der Waals surface area contributed by atoms with Crippen LogP contribution in [-0.4, -0.2) is 16.8 Å². The molecule has 0 bridgehead atoms. The molecule has 50 valence electrons. The van der Waals surface area contributed by atoms with Crippen molar-refractivity contribution in [1.82, 2.24) is 0 Å². The van der Waals surface area contributed by atoms with E-state index >= 15 is 0 Å². The van der Waals surface area contributed by atoms with Gasteiger partial charge in [0.25, 0.3) is 0 Å². The average Bonchev–Trinajstić information content (AvgIpc) is 2.15. The Balaban J connectivity index is 2.35. The number of nitrogens with one attached hydrogen (secondary N) is 1. The monoisotopic (exact) mass is 145 g/mol. The van der Waals surface area contributed by atoms with E-state index in [1.54, 1.807) is 0 Å². The van der Waals surface area contributed by atoms with E-state index in [0.717, 1.165) is 23.2 Å². The Bertz CT molecular complexity index is 156. The molecule has 0 aromatic rings. The first-order valence-electron chi connectivity index (χ1n) is 2.50. The summed E-state index contributed by atoms with van der Waals surface area (Å²) in [5.74, 6) is 0. The van der Waals surface area contributed by atoms with Gasteiger partial charge in [0, 0.05) is 6.42 Å². The summed E-state index contributed by atoms with van der Waals surface area (Å²) in [7, 11) is 0. The molecule has 0 saturated carbocycles. The third-order valence-corrected chi connectivity index (χ3v) is 1.54. The molecule has 1 aliphatic heterocycles. The molecular formula is C4H7N3OS. The fourth-order valence-electron chi connectivity index (χ4n) is 0.493. The first-order valence-corrected chi connectivity index (χ1v) is 3.31. The number of nitrogens with two attached hydrogens (primary N) is 1. The van der Waals surface area contributed by atoms with E-state index in [0.29, 0.717) is 6.61 Å². The average molecular weight is 145 g/mol. The topological polar surface area (TPSA) is 71.5 Å². The molecule has 0 spiro atoms. The van der Waals surface area contributed by atoms with Gasteiger partial charge in [0.15, 0.2) is 5.17 Å². The lowest BCUT2D eigenvalue weighted by molar-refractivity contribution is 0.174. The van der Waals surface area contributed by atoms with E-state index in [9.17, 15) is 0 Å². The van der Waals surface area contributed by atoms with Crippen LogP contribution in [0.2, 0.25) is 0 Å². The molecule has 0 fully saturated rings. The van der Waals surface area contributed by atoms with Gasteiger partial charge >= 0.3 is 0 Å². The van der Waals surface area contributed by atoms with Crippen LogP contribution in [-0.2, 0) is 4.84 Å². The second-order valence-corrected chi connectivity index (χ2v) is 2.65. The minimum absolute atomic E-state index is 0.0688. The molecule has 0 atom stereocenters. The number of oxime groups is 1. The Labute approximate surface area is 56.9 Å². The molecule has 0 radical (unpaired) electrons. The molecule has 4 nitrogen and oxygen atoms in total. The molecule has 9 heavy (non-hydrogen) atoms. The second kappa shape index (κ2) is 2.72. The largest absolute Gasteiger partial charge is 0.395 e. The quantitative estimate of drug-likeness (QED) is 0.381. The molecule has 0 aromatic heterocycles. The van der Waals surface area contributed by atoms with E-state index in [2.05, 4.69) is 9.99 Å². The standard InChI is InChI=1S/C4H7N3OS/c5-4(6)9-3-1-2-8-7-3/h1-2H2,(H3,5,6). The van der Waals surface area contributed by atoms with Crippen molar-refractivity contribution in [3.63, 3.8) is 0 Å². The number of rotatable bonds is 0. The van der Waals surface area contributed by atoms with Crippen molar-refractivity contribution in [3.05, 3.63) is 0 Å². The van der Waals surface area contributed by atoms with E-state index in [1.165, 1.54) is 0 Å². The molecule has 3 N–H and O–H groups in total. The zero-order valence-corrected chi connectivity index (χ0v) is 5.57. The van der Waals surface area contributed by atoms with E-state index in [-0.39, 0.29) is 5.17 Å². The molecule has 0 amide bonds. The van der Waals surface area contributed by atoms with Gasteiger partial charge in [-0.15, -0.1) is 0 Å². The second-order valence-electron chi connectivity index (χ2n) is 1.53. The van der Waals surface area contributed by atoms with Gasteiger partial charge < -0.3 is 10.6 Å². The summed E-state index contributed by atoms with van der Waals surface area (Å²) < 4.78 is 0. The van der Waals surface area contributed by atoms with Crippen LogP contribution in [0.25, 0.3) is 0 Å². The van der Waals surface area contributed by atoms with Gasteiger partial charge in [-0.1, -0.05) is 5.16 Å². The Kier molecular flexibility index (Phi) is 1.94. The Morgan fingerprint density at radius 1 is 1.89 bits per heavy atom. The summed E-state index contributed by atoms with van der Waals surface area (Å²) in [4.78, 5) is 4.67. The number of hydrogen-bond donors (Lipinski definition) is 2. The SMILES string of the molecule is N=C(N)SC1=NOCC1. The Hall–Kier alpha value is -0.710. The van der Waals surface area contributed by atoms with Crippen molar-refractivity contribution in [2.75, 3.05) is 6.61 Å². The van der Waals surface area contributed by atoms with Gasteiger partial charge in [-0.05, 0) is 11.8 Å². The number of hydrogen-bond acceptors (Lipinski definition) is 4. The highest BCUT2D eigenvalue weighted by atomic mass is 32.2. The predicted molar refractivity (Wildman–Crippen MR) is 37.5 cm³/mol. The number of thioether (sulfide) groups is 1. The predicted octanol–water partition coefficient (Wildman–Crippen LogP) is 0.347. The molecule has 0 aromatic carbocycles. The highest BCUT2D eigenvalue weighted by Crippen LogP contribution is 2.11. The van der Waals surface area contributed by atoms with E-state index in [4.69, 9.17) is 11.1 Å². The van der Waals surface area contributed by atoms with Gasteiger partial charge in [0.2, 0.25) is 0 Å². The van der Waals surface area contributed by atoms with Crippen molar-refractivity contribution in [2.24, 2.45) is 10.9 Å². The maximum absolute atomic E-state index is 6.86. The molecule has 0 unspecified atom stereocenters. The number of amidine groups is 1. The molecule has 5 heteroatoms. The summed E-state index contributed by atoms with van der Waals surface area (Å²) in [6, 6.07) is 0. The van der Waals surface area contributed by atoms with Gasteiger partial charge in [-0.25, -0.2) is 0 Å². The van der Waals surface area contributed by atoms with Crippen LogP contribution >= 0.6 is 11.8 Å². The molecule has 1 heterocycles. The summed E-state index contributed by atoms with van der Waals surface area (Å²) in [6.45, 7) is 0.621. The van der Waals surface area contributed by atoms with Crippen LogP contribution < -0.4 is 5.73 Å². The van der Waals surface area contributed by atoms with Gasteiger partial charge in [-0.3, -0.25) is 5.41 Å². The lowest BCUT2D eigenvalue weighted by Gasteiger charge is -1.90. The van der Waals surface area contributed by atoms with Crippen LogP contribution in [0.15, 0.2) is 5.16 Å². The summed E-state index contributed by atoms with van der Waals surface area (Å²) >= 11 is 1.15. The van der Waals surface area contributed by atoms with Crippen LogP contribution in [0.4, 0.5) is 0 Å².